The van der Waals surface area contributed by atoms with Crippen molar-refractivity contribution >= 4 is 5.91 Å². The second-order valence-corrected chi connectivity index (χ2v) is 6.40. The molecule has 26 heavy (non-hydrogen) atoms. The number of nitrogens with zero attached hydrogens (tertiary/aromatic N) is 1. The van der Waals surface area contributed by atoms with Crippen LogP contribution in [0.1, 0.15) is 10.4 Å². The van der Waals surface area contributed by atoms with Gasteiger partial charge in [0.15, 0.2) is 0 Å². The molecule has 4 rings (SSSR count). The Morgan fingerprint density at radius 2 is 1.96 bits per heavy atom. The summed E-state index contributed by atoms with van der Waals surface area (Å²) in [7, 11) is 1.60. The summed E-state index contributed by atoms with van der Waals surface area (Å²) in [5, 5.41) is 12.7. The quantitative estimate of drug-likeness (QED) is 0.850. The van der Waals surface area contributed by atoms with E-state index in [1.54, 1.807) is 31.6 Å². The van der Waals surface area contributed by atoms with Crippen molar-refractivity contribution < 1.29 is 24.1 Å². The lowest BCUT2D eigenvalue weighted by Gasteiger charge is -2.17. The number of aliphatic hydroxyl groups excluding tert-OH is 1. The molecule has 0 bridgehead atoms. The number of carbonyl (C=O) groups is 1. The molecule has 2 saturated heterocycles. The van der Waals surface area contributed by atoms with Gasteiger partial charge in [-0.25, -0.2) is 0 Å². The van der Waals surface area contributed by atoms with E-state index in [0.717, 1.165) is 11.1 Å². The number of amides is 1. The van der Waals surface area contributed by atoms with Crippen molar-refractivity contribution in [2.75, 3.05) is 20.3 Å². The van der Waals surface area contributed by atoms with Crippen LogP contribution in [0.3, 0.4) is 0 Å². The minimum atomic E-state index is -0.628. The first-order valence-electron chi connectivity index (χ1n) is 8.48. The van der Waals surface area contributed by atoms with Gasteiger partial charge in [-0.2, -0.15) is 0 Å². The van der Waals surface area contributed by atoms with E-state index in [1.807, 2.05) is 18.2 Å². The summed E-state index contributed by atoms with van der Waals surface area (Å²) < 4.78 is 16.4. The maximum Gasteiger partial charge on any atom is 0.251 e. The Kier molecular flexibility index (Phi) is 4.58. The van der Waals surface area contributed by atoms with E-state index >= 15 is 0 Å². The number of hydrogen-bond donors (Lipinski definition) is 2. The fourth-order valence-corrected chi connectivity index (χ4v) is 3.44. The first kappa shape index (κ1) is 17.0. The van der Waals surface area contributed by atoms with Crippen LogP contribution in [0, 0.1) is 0 Å². The molecule has 3 heterocycles. The van der Waals surface area contributed by atoms with Gasteiger partial charge in [-0.1, -0.05) is 12.1 Å². The molecule has 2 aliphatic rings. The molecule has 1 aromatic heterocycles. The van der Waals surface area contributed by atoms with Crippen LogP contribution < -0.4 is 10.1 Å². The monoisotopic (exact) mass is 356 g/mol. The molecular formula is C19H20N2O5. The number of ether oxygens (including phenoxy) is 3. The maximum atomic E-state index is 12.5. The highest BCUT2D eigenvalue weighted by Crippen LogP contribution is 2.29. The number of rotatable bonds is 4. The minimum absolute atomic E-state index is 0.197. The lowest BCUT2D eigenvalue weighted by Crippen LogP contribution is -2.44. The molecule has 2 aliphatic heterocycles. The fraction of sp³-hybridized carbons (Fsp3) is 0.368. The van der Waals surface area contributed by atoms with E-state index < -0.39 is 6.10 Å². The summed E-state index contributed by atoms with van der Waals surface area (Å²) in [6.07, 6.45) is 2.07. The Balaban J connectivity index is 1.46. The number of methoxy groups -OCH3 is 1. The summed E-state index contributed by atoms with van der Waals surface area (Å²) >= 11 is 0. The number of pyridine rings is 1. The van der Waals surface area contributed by atoms with Crippen LogP contribution in [0.2, 0.25) is 0 Å². The Labute approximate surface area is 150 Å². The molecular weight excluding hydrogens is 336 g/mol. The van der Waals surface area contributed by atoms with Crippen LogP contribution in [0.5, 0.6) is 5.75 Å². The number of fused-ring (bicyclic) bond motifs is 1. The van der Waals surface area contributed by atoms with Crippen LogP contribution in [0.25, 0.3) is 11.1 Å². The molecule has 0 saturated carbocycles. The van der Waals surface area contributed by atoms with E-state index in [1.165, 1.54) is 0 Å². The first-order chi connectivity index (χ1) is 12.7. The van der Waals surface area contributed by atoms with Gasteiger partial charge in [-0.15, -0.1) is 0 Å². The molecule has 7 nitrogen and oxygen atoms in total. The molecule has 0 spiro atoms. The second-order valence-electron chi connectivity index (χ2n) is 6.40. The highest BCUT2D eigenvalue weighted by atomic mass is 16.6. The van der Waals surface area contributed by atoms with E-state index in [0.29, 0.717) is 17.9 Å². The van der Waals surface area contributed by atoms with Gasteiger partial charge in [0.2, 0.25) is 0 Å². The van der Waals surface area contributed by atoms with Gasteiger partial charge in [-0.05, 0) is 23.8 Å². The zero-order valence-corrected chi connectivity index (χ0v) is 14.3. The van der Waals surface area contributed by atoms with Gasteiger partial charge in [-0.3, -0.25) is 9.78 Å². The van der Waals surface area contributed by atoms with Gasteiger partial charge in [0.05, 0.1) is 32.6 Å². The summed E-state index contributed by atoms with van der Waals surface area (Å²) in [4.78, 5) is 16.6. The molecule has 2 N–H and O–H groups in total. The standard InChI is InChI=1S/C19H20N2O5/c1-24-16-8-20-7-6-13(16)11-2-4-12(5-3-11)19(23)21-14-9-25-18-15(22)10-26-17(14)18/h2-8,14-15,17-18,22H,9-10H2,1H3,(H,21,23)/t14-,15-,17-,18-/m1/s1. The SMILES string of the molecule is COc1cnccc1-c1ccc(C(=O)N[C@@H]2CO[C@H]3[C@@H]2OC[C@H]3O)cc1. The summed E-state index contributed by atoms with van der Waals surface area (Å²) in [6.45, 7) is 0.578. The zero-order valence-electron chi connectivity index (χ0n) is 14.3. The molecule has 2 aromatic rings. The fourth-order valence-electron chi connectivity index (χ4n) is 3.44. The van der Waals surface area contributed by atoms with Crippen LogP contribution in [0.15, 0.2) is 42.7 Å². The second kappa shape index (κ2) is 7.03. The predicted molar refractivity (Wildman–Crippen MR) is 93.0 cm³/mol. The molecule has 7 heteroatoms. The van der Waals surface area contributed by atoms with E-state index in [9.17, 15) is 9.90 Å². The molecule has 0 radical (unpaired) electrons. The van der Waals surface area contributed by atoms with Crippen molar-refractivity contribution in [2.45, 2.75) is 24.4 Å². The number of carbonyl (C=O) groups excluding carboxylic acids is 1. The largest absolute Gasteiger partial charge is 0.494 e. The Bertz CT molecular complexity index is 795. The predicted octanol–water partition coefficient (Wildman–Crippen LogP) is 1.01. The topological polar surface area (TPSA) is 89.9 Å². The van der Waals surface area contributed by atoms with Crippen LogP contribution in [0.4, 0.5) is 0 Å². The third-order valence-electron chi connectivity index (χ3n) is 4.81. The zero-order chi connectivity index (χ0) is 18.1. The van der Waals surface area contributed by atoms with Crippen LogP contribution in [-0.4, -0.2) is 60.7 Å². The maximum absolute atomic E-state index is 12.5. The van der Waals surface area contributed by atoms with Crippen molar-refractivity contribution in [3.63, 3.8) is 0 Å². The molecule has 0 unspecified atom stereocenters. The summed E-state index contributed by atoms with van der Waals surface area (Å²) in [6, 6.07) is 8.88. The number of hydrogen-bond acceptors (Lipinski definition) is 6. The molecule has 1 aromatic carbocycles. The average molecular weight is 356 g/mol. The van der Waals surface area contributed by atoms with E-state index in [2.05, 4.69) is 10.3 Å². The molecule has 136 valence electrons. The number of benzene rings is 1. The molecule has 1 amide bonds. The van der Waals surface area contributed by atoms with Crippen molar-refractivity contribution in [1.82, 2.24) is 10.3 Å². The van der Waals surface area contributed by atoms with Gasteiger partial charge in [0.1, 0.15) is 24.1 Å². The van der Waals surface area contributed by atoms with Gasteiger partial charge >= 0.3 is 0 Å². The van der Waals surface area contributed by atoms with Crippen molar-refractivity contribution in [3.05, 3.63) is 48.3 Å². The highest BCUT2D eigenvalue weighted by molar-refractivity contribution is 5.95. The van der Waals surface area contributed by atoms with Crippen molar-refractivity contribution in [1.29, 1.82) is 0 Å². The Morgan fingerprint density at radius 1 is 1.19 bits per heavy atom. The van der Waals surface area contributed by atoms with E-state index in [-0.39, 0.29) is 30.8 Å². The van der Waals surface area contributed by atoms with Gasteiger partial charge in [0, 0.05) is 17.3 Å². The highest BCUT2D eigenvalue weighted by Gasteiger charge is 2.47. The van der Waals surface area contributed by atoms with E-state index in [4.69, 9.17) is 14.2 Å². The summed E-state index contributed by atoms with van der Waals surface area (Å²) in [5.41, 5.74) is 2.39. The first-order valence-corrected chi connectivity index (χ1v) is 8.48. The average Bonchev–Trinajstić information content (AvgIpc) is 3.25. The smallest absolute Gasteiger partial charge is 0.251 e. The lowest BCUT2D eigenvalue weighted by molar-refractivity contribution is 0.0178. The van der Waals surface area contributed by atoms with Gasteiger partial charge in [0.25, 0.3) is 5.91 Å². The number of aliphatic hydroxyl groups is 1. The molecule has 2 fully saturated rings. The molecule has 4 atom stereocenters. The normalized spacial score (nSPS) is 27.2. The van der Waals surface area contributed by atoms with Crippen molar-refractivity contribution in [2.24, 2.45) is 0 Å². The Morgan fingerprint density at radius 3 is 2.73 bits per heavy atom. The van der Waals surface area contributed by atoms with Crippen LogP contribution in [-0.2, 0) is 9.47 Å². The lowest BCUT2D eigenvalue weighted by atomic mass is 10.0. The van der Waals surface area contributed by atoms with Crippen LogP contribution >= 0.6 is 0 Å². The third kappa shape index (κ3) is 3.05. The number of aromatic nitrogens is 1. The van der Waals surface area contributed by atoms with Crippen molar-refractivity contribution in [3.8, 4) is 16.9 Å². The summed E-state index contributed by atoms with van der Waals surface area (Å²) in [5.74, 6) is 0.480. The Hall–Kier alpha value is -2.48. The van der Waals surface area contributed by atoms with Gasteiger partial charge < -0.3 is 24.6 Å². The molecule has 0 aliphatic carbocycles. The minimum Gasteiger partial charge on any atom is -0.494 e. The number of nitrogens with one attached hydrogen (secondary N) is 1. The third-order valence-corrected chi connectivity index (χ3v) is 4.81.